The number of amides is 1. The minimum Gasteiger partial charge on any atom is -0.481 e. The first-order valence-electron chi connectivity index (χ1n) is 7.81. The van der Waals surface area contributed by atoms with Crippen molar-refractivity contribution in [3.8, 4) is 0 Å². The van der Waals surface area contributed by atoms with E-state index >= 15 is 0 Å². The normalized spacial score (nSPS) is 15.8. The zero-order valence-corrected chi connectivity index (χ0v) is 14.2. The third-order valence-corrected chi connectivity index (χ3v) is 4.69. The summed E-state index contributed by atoms with van der Waals surface area (Å²) in [6.45, 7) is 1.60. The van der Waals surface area contributed by atoms with Crippen LogP contribution in [0.3, 0.4) is 0 Å². The van der Waals surface area contributed by atoms with Gasteiger partial charge in [0.05, 0.1) is 0 Å². The largest absolute Gasteiger partial charge is 0.481 e. The first kappa shape index (κ1) is 17.0. The van der Waals surface area contributed by atoms with Crippen LogP contribution in [-0.4, -0.2) is 35.0 Å². The topological polar surface area (TPSA) is 57.6 Å². The standard InChI is InChI=1S/C17H22BrNO3/c18-15-5-3-4-14(12-15)13-8-10-19(11-9-13)16(20)6-1-2-7-17(21)22/h3-5,12-13H,1-2,6-11H2,(H,21,22). The number of nitrogens with zero attached hydrogens (tertiary/aromatic N) is 1. The highest BCUT2D eigenvalue weighted by atomic mass is 79.9. The summed E-state index contributed by atoms with van der Waals surface area (Å²) in [5, 5.41) is 8.59. The molecule has 0 aromatic heterocycles. The molecule has 0 bridgehead atoms. The second-order valence-corrected chi connectivity index (χ2v) is 6.73. The number of hydrogen-bond donors (Lipinski definition) is 1. The average Bonchev–Trinajstić information content (AvgIpc) is 2.51. The summed E-state index contributed by atoms with van der Waals surface area (Å²) in [6, 6.07) is 8.39. The minimum atomic E-state index is -0.790. The van der Waals surface area contributed by atoms with Crippen LogP contribution in [0.4, 0.5) is 0 Å². The molecular weight excluding hydrogens is 346 g/mol. The lowest BCUT2D eigenvalue weighted by Gasteiger charge is -2.32. The van der Waals surface area contributed by atoms with Crippen LogP contribution in [0.15, 0.2) is 28.7 Å². The molecule has 1 aliphatic rings. The van der Waals surface area contributed by atoms with Crippen molar-refractivity contribution in [3.63, 3.8) is 0 Å². The number of rotatable bonds is 6. The van der Waals surface area contributed by atoms with Gasteiger partial charge < -0.3 is 10.0 Å². The molecule has 22 heavy (non-hydrogen) atoms. The fourth-order valence-corrected chi connectivity index (χ4v) is 3.35. The summed E-state index contributed by atoms with van der Waals surface area (Å²) in [7, 11) is 0. The highest BCUT2D eigenvalue weighted by molar-refractivity contribution is 9.10. The van der Waals surface area contributed by atoms with Crippen LogP contribution < -0.4 is 0 Å². The zero-order chi connectivity index (χ0) is 15.9. The van der Waals surface area contributed by atoms with Crippen molar-refractivity contribution in [3.05, 3.63) is 34.3 Å². The summed E-state index contributed by atoms with van der Waals surface area (Å²) in [5.41, 5.74) is 1.34. The number of hydrogen-bond acceptors (Lipinski definition) is 2. The van der Waals surface area contributed by atoms with Gasteiger partial charge in [-0.3, -0.25) is 9.59 Å². The fourth-order valence-electron chi connectivity index (χ4n) is 2.93. The molecule has 1 aliphatic heterocycles. The van der Waals surface area contributed by atoms with E-state index in [9.17, 15) is 9.59 Å². The third kappa shape index (κ3) is 5.13. The molecule has 2 rings (SSSR count). The van der Waals surface area contributed by atoms with Gasteiger partial charge in [0.2, 0.25) is 5.91 Å². The van der Waals surface area contributed by atoms with Gasteiger partial charge >= 0.3 is 5.97 Å². The molecule has 1 N–H and O–H groups in total. The Morgan fingerprint density at radius 1 is 1.18 bits per heavy atom. The number of carboxylic acid groups (broad SMARTS) is 1. The number of carbonyl (C=O) groups excluding carboxylic acids is 1. The molecule has 4 nitrogen and oxygen atoms in total. The molecule has 0 aliphatic carbocycles. The van der Waals surface area contributed by atoms with Gasteiger partial charge in [-0.15, -0.1) is 0 Å². The van der Waals surface area contributed by atoms with Crippen molar-refractivity contribution in [2.75, 3.05) is 13.1 Å². The second-order valence-electron chi connectivity index (χ2n) is 5.81. The smallest absolute Gasteiger partial charge is 0.303 e. The number of carboxylic acids is 1. The minimum absolute atomic E-state index is 0.151. The maximum atomic E-state index is 12.1. The number of piperidine rings is 1. The van der Waals surface area contributed by atoms with E-state index in [0.717, 1.165) is 30.4 Å². The van der Waals surface area contributed by atoms with E-state index in [2.05, 4.69) is 34.1 Å². The van der Waals surface area contributed by atoms with Crippen LogP contribution in [-0.2, 0) is 9.59 Å². The maximum absolute atomic E-state index is 12.1. The number of carbonyl (C=O) groups is 2. The van der Waals surface area contributed by atoms with E-state index in [1.807, 2.05) is 11.0 Å². The predicted octanol–water partition coefficient (Wildman–Crippen LogP) is 3.80. The molecule has 5 heteroatoms. The van der Waals surface area contributed by atoms with E-state index in [4.69, 9.17) is 5.11 Å². The summed E-state index contributed by atoms with van der Waals surface area (Å²) in [5.74, 6) is -0.103. The molecular formula is C17H22BrNO3. The van der Waals surface area contributed by atoms with Gasteiger partial charge in [0.25, 0.3) is 0 Å². The van der Waals surface area contributed by atoms with E-state index in [1.165, 1.54) is 5.56 Å². The van der Waals surface area contributed by atoms with Crippen molar-refractivity contribution in [2.45, 2.75) is 44.4 Å². The van der Waals surface area contributed by atoms with E-state index < -0.39 is 5.97 Å². The molecule has 0 saturated carbocycles. The van der Waals surface area contributed by atoms with Crippen LogP contribution in [0.2, 0.25) is 0 Å². The monoisotopic (exact) mass is 367 g/mol. The number of aliphatic carboxylic acids is 1. The highest BCUT2D eigenvalue weighted by Gasteiger charge is 2.23. The lowest BCUT2D eigenvalue weighted by molar-refractivity contribution is -0.137. The van der Waals surface area contributed by atoms with Gasteiger partial charge in [0, 0.05) is 30.4 Å². The average molecular weight is 368 g/mol. The Kier molecular flexibility index (Phi) is 6.43. The van der Waals surface area contributed by atoms with Gasteiger partial charge in [-0.1, -0.05) is 28.1 Å². The van der Waals surface area contributed by atoms with Crippen LogP contribution >= 0.6 is 15.9 Å². The Labute approximate surface area is 139 Å². The molecule has 1 saturated heterocycles. The van der Waals surface area contributed by atoms with Crippen molar-refractivity contribution in [1.29, 1.82) is 0 Å². The summed E-state index contributed by atoms with van der Waals surface area (Å²) in [6.07, 6.45) is 3.86. The van der Waals surface area contributed by atoms with Crippen LogP contribution in [0.1, 0.15) is 50.0 Å². The molecule has 1 aromatic carbocycles. The molecule has 0 radical (unpaired) electrons. The Bertz CT molecular complexity index is 524. The van der Waals surface area contributed by atoms with E-state index in [-0.39, 0.29) is 12.3 Å². The number of unbranched alkanes of at least 4 members (excludes halogenated alkanes) is 1. The third-order valence-electron chi connectivity index (χ3n) is 4.20. The van der Waals surface area contributed by atoms with Crippen LogP contribution in [0.5, 0.6) is 0 Å². The van der Waals surface area contributed by atoms with Crippen LogP contribution in [0.25, 0.3) is 0 Å². The molecule has 1 fully saturated rings. The fraction of sp³-hybridized carbons (Fsp3) is 0.529. The first-order valence-corrected chi connectivity index (χ1v) is 8.60. The Hall–Kier alpha value is -1.36. The quantitative estimate of drug-likeness (QED) is 0.777. The lowest BCUT2D eigenvalue weighted by Crippen LogP contribution is -2.37. The molecule has 1 aromatic rings. The Morgan fingerprint density at radius 3 is 2.50 bits per heavy atom. The Balaban J connectivity index is 1.74. The van der Waals surface area contributed by atoms with Gasteiger partial charge in [-0.05, 0) is 49.3 Å². The Morgan fingerprint density at radius 2 is 1.86 bits per heavy atom. The lowest BCUT2D eigenvalue weighted by atomic mass is 9.89. The molecule has 1 heterocycles. The predicted molar refractivity (Wildman–Crippen MR) is 88.8 cm³/mol. The molecule has 0 atom stereocenters. The van der Waals surface area contributed by atoms with Crippen LogP contribution in [0, 0.1) is 0 Å². The van der Waals surface area contributed by atoms with Crippen molar-refractivity contribution >= 4 is 27.8 Å². The second kappa shape index (κ2) is 8.32. The van der Waals surface area contributed by atoms with Gasteiger partial charge in [-0.25, -0.2) is 0 Å². The first-order chi connectivity index (χ1) is 10.6. The summed E-state index contributed by atoms with van der Waals surface area (Å²) < 4.78 is 1.10. The van der Waals surface area contributed by atoms with Gasteiger partial charge in [-0.2, -0.15) is 0 Å². The van der Waals surface area contributed by atoms with Crippen molar-refractivity contribution < 1.29 is 14.7 Å². The number of likely N-dealkylation sites (tertiary alicyclic amines) is 1. The molecule has 120 valence electrons. The van der Waals surface area contributed by atoms with Crippen molar-refractivity contribution in [2.24, 2.45) is 0 Å². The SMILES string of the molecule is O=C(O)CCCCC(=O)N1CCC(c2cccc(Br)c2)CC1. The summed E-state index contributed by atoms with van der Waals surface area (Å²) in [4.78, 5) is 24.5. The van der Waals surface area contributed by atoms with E-state index in [0.29, 0.717) is 25.2 Å². The molecule has 0 unspecified atom stereocenters. The number of benzene rings is 1. The van der Waals surface area contributed by atoms with E-state index in [1.54, 1.807) is 0 Å². The number of halogens is 1. The van der Waals surface area contributed by atoms with Gasteiger partial charge in [0.15, 0.2) is 0 Å². The maximum Gasteiger partial charge on any atom is 0.303 e. The molecule has 1 amide bonds. The summed E-state index contributed by atoms with van der Waals surface area (Å²) >= 11 is 3.50. The zero-order valence-electron chi connectivity index (χ0n) is 12.6. The van der Waals surface area contributed by atoms with Crippen molar-refractivity contribution in [1.82, 2.24) is 4.90 Å². The van der Waals surface area contributed by atoms with Gasteiger partial charge in [0.1, 0.15) is 0 Å². The highest BCUT2D eigenvalue weighted by Crippen LogP contribution is 2.29. The molecule has 0 spiro atoms.